The van der Waals surface area contributed by atoms with Crippen LogP contribution in [0.1, 0.15) is 18.9 Å². The number of methoxy groups -OCH3 is 1. The maximum Gasteiger partial charge on any atom is 0.253 e. The molecule has 1 aliphatic heterocycles. The van der Waals surface area contributed by atoms with Crippen molar-refractivity contribution >= 4 is 33.9 Å². The molecule has 0 aliphatic carbocycles. The Morgan fingerprint density at radius 1 is 1.14 bits per heavy atom. The molecule has 1 aliphatic rings. The SMILES string of the molecule is CCOc1ccc(NC(=S)N(CCCN2CCOCC2)Cc2cc3ccc(OC)cc3[nH]c2=O)cc1. The first kappa shape index (κ1) is 25.9. The number of hydrogen-bond acceptors (Lipinski definition) is 6. The first-order chi connectivity index (χ1) is 17.6. The van der Waals surface area contributed by atoms with Gasteiger partial charge in [0.15, 0.2) is 5.11 Å². The molecule has 36 heavy (non-hydrogen) atoms. The summed E-state index contributed by atoms with van der Waals surface area (Å²) in [5.74, 6) is 1.52. The molecule has 0 atom stereocenters. The zero-order chi connectivity index (χ0) is 25.3. The third kappa shape index (κ3) is 6.96. The van der Waals surface area contributed by atoms with Gasteiger partial charge in [0.25, 0.3) is 5.56 Å². The van der Waals surface area contributed by atoms with Crippen LogP contribution in [0.5, 0.6) is 11.5 Å². The molecule has 0 spiro atoms. The van der Waals surface area contributed by atoms with E-state index in [9.17, 15) is 4.79 Å². The molecule has 3 aromatic rings. The summed E-state index contributed by atoms with van der Waals surface area (Å²) in [5.41, 5.74) is 2.16. The highest BCUT2D eigenvalue weighted by molar-refractivity contribution is 7.80. The Hall–Kier alpha value is -3.14. The fourth-order valence-electron chi connectivity index (χ4n) is 4.24. The van der Waals surface area contributed by atoms with E-state index < -0.39 is 0 Å². The number of morpholine rings is 1. The number of aromatic amines is 1. The Bertz CT molecular complexity index is 1210. The Labute approximate surface area is 217 Å². The van der Waals surface area contributed by atoms with Gasteiger partial charge in [-0.1, -0.05) is 0 Å². The Balaban J connectivity index is 1.49. The summed E-state index contributed by atoms with van der Waals surface area (Å²) in [7, 11) is 1.61. The molecule has 1 saturated heterocycles. The largest absolute Gasteiger partial charge is 0.497 e. The molecule has 9 heteroatoms. The zero-order valence-electron chi connectivity index (χ0n) is 20.9. The van der Waals surface area contributed by atoms with Crippen LogP contribution in [0, 0.1) is 0 Å². The van der Waals surface area contributed by atoms with Crippen molar-refractivity contribution < 1.29 is 14.2 Å². The minimum absolute atomic E-state index is 0.127. The molecule has 0 bridgehead atoms. The first-order valence-electron chi connectivity index (χ1n) is 12.3. The number of rotatable bonds is 10. The van der Waals surface area contributed by atoms with E-state index in [1.165, 1.54) is 0 Å². The van der Waals surface area contributed by atoms with Crippen LogP contribution in [0.3, 0.4) is 0 Å². The normalized spacial score (nSPS) is 13.9. The smallest absolute Gasteiger partial charge is 0.253 e. The lowest BCUT2D eigenvalue weighted by atomic mass is 10.1. The van der Waals surface area contributed by atoms with E-state index in [2.05, 4.69) is 20.1 Å². The van der Waals surface area contributed by atoms with Crippen LogP contribution in [0.2, 0.25) is 0 Å². The van der Waals surface area contributed by atoms with Crippen molar-refractivity contribution in [2.75, 3.05) is 58.4 Å². The highest BCUT2D eigenvalue weighted by Gasteiger charge is 2.16. The monoisotopic (exact) mass is 510 g/mol. The number of ether oxygens (including phenoxy) is 3. The molecular weight excluding hydrogens is 476 g/mol. The highest BCUT2D eigenvalue weighted by Crippen LogP contribution is 2.20. The number of aromatic nitrogens is 1. The van der Waals surface area contributed by atoms with Crippen molar-refractivity contribution in [3.63, 3.8) is 0 Å². The quantitative estimate of drug-likeness (QED) is 0.398. The number of anilines is 1. The topological polar surface area (TPSA) is 79.1 Å². The predicted molar refractivity (Wildman–Crippen MR) is 147 cm³/mol. The first-order valence-corrected chi connectivity index (χ1v) is 12.8. The highest BCUT2D eigenvalue weighted by atomic mass is 32.1. The van der Waals surface area contributed by atoms with Gasteiger partial charge in [-0.05, 0) is 73.4 Å². The van der Waals surface area contributed by atoms with Gasteiger partial charge in [0, 0.05) is 43.5 Å². The van der Waals surface area contributed by atoms with Crippen molar-refractivity contribution in [1.82, 2.24) is 14.8 Å². The molecule has 2 aromatic carbocycles. The minimum atomic E-state index is -0.127. The summed E-state index contributed by atoms with van der Waals surface area (Å²) in [6.45, 7) is 8.11. The number of benzene rings is 2. The van der Waals surface area contributed by atoms with Gasteiger partial charge in [0.1, 0.15) is 11.5 Å². The molecule has 2 heterocycles. The van der Waals surface area contributed by atoms with Crippen LogP contribution in [-0.4, -0.2) is 73.0 Å². The van der Waals surface area contributed by atoms with Crippen molar-refractivity contribution in [2.45, 2.75) is 19.9 Å². The summed E-state index contributed by atoms with van der Waals surface area (Å²) >= 11 is 5.80. The fraction of sp³-hybridized carbons (Fsp3) is 0.407. The van der Waals surface area contributed by atoms with E-state index in [-0.39, 0.29) is 5.56 Å². The van der Waals surface area contributed by atoms with Crippen molar-refractivity contribution in [2.24, 2.45) is 0 Å². The predicted octanol–water partition coefficient (Wildman–Crippen LogP) is 3.86. The molecule has 192 valence electrons. The standard InChI is InChI=1S/C27H34N4O4S/c1-3-35-23-9-6-22(7-10-23)28-27(36)31(12-4-11-30-13-15-34-16-14-30)19-21-17-20-5-8-24(33-2)18-25(20)29-26(21)32/h5-10,17-18H,3-4,11-16,19H2,1-2H3,(H,28,36)(H,29,32). The number of thiocarbonyl (C=S) groups is 1. The van der Waals surface area contributed by atoms with E-state index in [0.29, 0.717) is 29.6 Å². The van der Waals surface area contributed by atoms with Gasteiger partial charge in [0.05, 0.1) is 39.0 Å². The van der Waals surface area contributed by atoms with E-state index in [1.807, 2.05) is 55.5 Å². The van der Waals surface area contributed by atoms with E-state index in [1.54, 1.807) is 7.11 Å². The van der Waals surface area contributed by atoms with E-state index in [0.717, 1.165) is 68.2 Å². The van der Waals surface area contributed by atoms with E-state index in [4.69, 9.17) is 26.4 Å². The molecule has 8 nitrogen and oxygen atoms in total. The van der Waals surface area contributed by atoms with Crippen molar-refractivity contribution in [3.05, 3.63) is 64.4 Å². The second-order valence-corrected chi connectivity index (χ2v) is 9.08. The summed E-state index contributed by atoms with van der Waals surface area (Å²) in [6, 6.07) is 15.3. The Morgan fingerprint density at radius 3 is 2.61 bits per heavy atom. The lowest BCUT2D eigenvalue weighted by molar-refractivity contribution is 0.0367. The lowest BCUT2D eigenvalue weighted by Crippen LogP contribution is -2.40. The Kier molecular flexibility index (Phi) is 9.16. The Morgan fingerprint density at radius 2 is 1.89 bits per heavy atom. The molecule has 4 rings (SSSR count). The number of nitrogens with zero attached hydrogens (tertiary/aromatic N) is 2. The van der Waals surface area contributed by atoms with Crippen LogP contribution in [-0.2, 0) is 11.3 Å². The summed E-state index contributed by atoms with van der Waals surface area (Å²) in [5, 5.41) is 4.86. The molecular formula is C27H34N4O4S. The average molecular weight is 511 g/mol. The van der Waals surface area contributed by atoms with Gasteiger partial charge >= 0.3 is 0 Å². The third-order valence-electron chi connectivity index (χ3n) is 6.20. The molecule has 0 saturated carbocycles. The number of pyridine rings is 1. The van der Waals surface area contributed by atoms with Crippen LogP contribution in [0.4, 0.5) is 5.69 Å². The lowest BCUT2D eigenvalue weighted by Gasteiger charge is -2.29. The summed E-state index contributed by atoms with van der Waals surface area (Å²) in [4.78, 5) is 20.4. The summed E-state index contributed by atoms with van der Waals surface area (Å²) < 4.78 is 16.3. The van der Waals surface area contributed by atoms with Crippen LogP contribution in [0.15, 0.2) is 53.3 Å². The van der Waals surface area contributed by atoms with Crippen LogP contribution < -0.4 is 20.3 Å². The maximum atomic E-state index is 12.9. The second kappa shape index (κ2) is 12.7. The summed E-state index contributed by atoms with van der Waals surface area (Å²) in [6.07, 6.45) is 0.924. The van der Waals surface area contributed by atoms with Gasteiger partial charge in [-0.2, -0.15) is 0 Å². The molecule has 0 unspecified atom stereocenters. The molecule has 0 radical (unpaired) electrons. The van der Waals surface area contributed by atoms with Gasteiger partial charge in [-0.3, -0.25) is 9.69 Å². The fourth-order valence-corrected chi connectivity index (χ4v) is 4.52. The third-order valence-corrected chi connectivity index (χ3v) is 6.56. The van der Waals surface area contributed by atoms with Crippen molar-refractivity contribution in [3.8, 4) is 11.5 Å². The molecule has 0 amide bonds. The number of H-pyrrole nitrogens is 1. The molecule has 2 N–H and O–H groups in total. The maximum absolute atomic E-state index is 12.9. The van der Waals surface area contributed by atoms with Crippen LogP contribution in [0.25, 0.3) is 10.9 Å². The number of nitrogens with one attached hydrogen (secondary N) is 2. The van der Waals surface area contributed by atoms with Gasteiger partial charge in [0.2, 0.25) is 0 Å². The number of hydrogen-bond donors (Lipinski definition) is 2. The molecule has 1 fully saturated rings. The second-order valence-electron chi connectivity index (χ2n) is 8.69. The van der Waals surface area contributed by atoms with E-state index >= 15 is 0 Å². The zero-order valence-corrected chi connectivity index (χ0v) is 21.7. The molecule has 1 aromatic heterocycles. The number of fused-ring (bicyclic) bond motifs is 1. The van der Waals surface area contributed by atoms with Crippen molar-refractivity contribution in [1.29, 1.82) is 0 Å². The average Bonchev–Trinajstić information content (AvgIpc) is 2.90. The van der Waals surface area contributed by atoms with Gasteiger partial charge < -0.3 is 29.4 Å². The minimum Gasteiger partial charge on any atom is -0.497 e. The van der Waals surface area contributed by atoms with Crippen LogP contribution >= 0.6 is 12.2 Å². The van der Waals surface area contributed by atoms with Gasteiger partial charge in [-0.15, -0.1) is 0 Å². The van der Waals surface area contributed by atoms with Gasteiger partial charge in [-0.25, -0.2) is 0 Å².